The molecular formula is C53H90NO7P. The van der Waals surface area contributed by atoms with Crippen LogP contribution < -0.4 is 0 Å². The van der Waals surface area contributed by atoms with E-state index in [1.807, 2.05) is 14.1 Å². The summed E-state index contributed by atoms with van der Waals surface area (Å²) in [6.45, 7) is 4.35. The second-order valence-electron chi connectivity index (χ2n) is 17.2. The Labute approximate surface area is 381 Å². The van der Waals surface area contributed by atoms with Gasteiger partial charge in [0.05, 0.1) is 12.8 Å². The van der Waals surface area contributed by atoms with E-state index >= 15 is 0 Å². The molecule has 0 aliphatic carbocycles. The van der Waals surface area contributed by atoms with Gasteiger partial charge in [0.15, 0.2) is 6.10 Å². The van der Waals surface area contributed by atoms with Gasteiger partial charge in [0.25, 0.3) is 0 Å². The summed E-state index contributed by atoms with van der Waals surface area (Å²) >= 11 is 0. The van der Waals surface area contributed by atoms with Crippen LogP contribution in [0.15, 0.2) is 0 Å². The van der Waals surface area contributed by atoms with Crippen molar-refractivity contribution in [2.45, 2.75) is 238 Å². The third kappa shape index (κ3) is 46.8. The zero-order valence-corrected chi connectivity index (χ0v) is 41.1. The number of esters is 2. The Bertz CT molecular complexity index is 1380. The van der Waals surface area contributed by atoms with Gasteiger partial charge >= 0.3 is 19.5 Å². The van der Waals surface area contributed by atoms with E-state index in [9.17, 15) is 19.0 Å². The van der Waals surface area contributed by atoms with Crippen molar-refractivity contribution in [3.63, 3.8) is 0 Å². The zero-order chi connectivity index (χ0) is 45.5. The summed E-state index contributed by atoms with van der Waals surface area (Å²) in [5, 5.41) is 0. The topological polar surface area (TPSA) is 102 Å². The van der Waals surface area contributed by atoms with Gasteiger partial charge in [-0.15, -0.1) is 0 Å². The molecule has 8 nitrogen and oxygen atoms in total. The number of rotatable bonds is 41. The highest BCUT2D eigenvalue weighted by atomic mass is 31.2. The van der Waals surface area contributed by atoms with E-state index in [0.29, 0.717) is 19.4 Å². The van der Waals surface area contributed by atoms with E-state index < -0.39 is 19.7 Å². The summed E-state index contributed by atoms with van der Waals surface area (Å²) in [7, 11) is -0.287. The molecule has 0 radical (unpaired) electrons. The molecule has 0 aliphatic rings. The van der Waals surface area contributed by atoms with E-state index in [2.05, 4.69) is 61.2 Å². The Hall–Kier alpha value is -2.71. The van der Waals surface area contributed by atoms with Crippen molar-refractivity contribution in [3.05, 3.63) is 0 Å². The van der Waals surface area contributed by atoms with Crippen molar-refractivity contribution in [2.75, 3.05) is 40.0 Å². The largest absolute Gasteiger partial charge is 0.462 e. The lowest BCUT2D eigenvalue weighted by molar-refractivity contribution is -0.161. The molecule has 1 N–H and O–H groups in total. The maximum absolute atomic E-state index is 12.7. The lowest BCUT2D eigenvalue weighted by Crippen LogP contribution is -2.30. The van der Waals surface area contributed by atoms with Crippen LogP contribution >= 0.6 is 7.60 Å². The summed E-state index contributed by atoms with van der Waals surface area (Å²) < 4.78 is 28.9. The lowest BCUT2D eigenvalue weighted by atomic mass is 10.1. The van der Waals surface area contributed by atoms with Crippen LogP contribution in [0.25, 0.3) is 0 Å². The van der Waals surface area contributed by atoms with Crippen LogP contribution in [0.2, 0.25) is 0 Å². The molecule has 0 amide bonds. The minimum absolute atomic E-state index is 0.0535. The summed E-state index contributed by atoms with van der Waals surface area (Å²) in [5.74, 6) is 23.9. The minimum Gasteiger partial charge on any atom is -0.462 e. The molecule has 0 aliphatic heterocycles. The molecule has 2 atom stereocenters. The number of carbonyl (C=O) groups is 2. The third-order valence-corrected chi connectivity index (χ3v) is 12.0. The molecule has 354 valence electrons. The Kier molecular flexibility index (Phi) is 44.3. The summed E-state index contributed by atoms with van der Waals surface area (Å²) in [6, 6.07) is 0. The first-order valence-electron chi connectivity index (χ1n) is 25.1. The fraction of sp³-hybridized carbons (Fsp3) is 0.811. The zero-order valence-electron chi connectivity index (χ0n) is 40.2. The quantitative estimate of drug-likeness (QED) is 0.0280. The van der Waals surface area contributed by atoms with Gasteiger partial charge in [-0.05, 0) is 76.3 Å². The fourth-order valence-electron chi connectivity index (χ4n) is 6.71. The van der Waals surface area contributed by atoms with E-state index in [-0.39, 0.29) is 38.2 Å². The normalized spacial score (nSPS) is 12.1. The fourth-order valence-corrected chi connectivity index (χ4v) is 7.89. The number of unbranched alkanes of at least 4 members (excludes halogenated alkanes) is 28. The van der Waals surface area contributed by atoms with Gasteiger partial charge in [0.1, 0.15) is 6.61 Å². The third-order valence-electron chi connectivity index (χ3n) is 10.7. The molecule has 0 bridgehead atoms. The van der Waals surface area contributed by atoms with Crippen LogP contribution in [0.1, 0.15) is 232 Å². The number of hydrogen-bond donors (Lipinski definition) is 1. The molecule has 0 aromatic carbocycles. The van der Waals surface area contributed by atoms with Crippen molar-refractivity contribution >= 4 is 19.5 Å². The van der Waals surface area contributed by atoms with E-state index in [0.717, 1.165) is 89.9 Å². The Balaban J connectivity index is 4.24. The molecule has 0 aromatic rings. The molecule has 0 fully saturated rings. The molecule has 0 spiro atoms. The van der Waals surface area contributed by atoms with Crippen LogP contribution in [0.3, 0.4) is 0 Å². The molecule has 0 saturated heterocycles. The molecule has 62 heavy (non-hydrogen) atoms. The van der Waals surface area contributed by atoms with Gasteiger partial charge in [0, 0.05) is 45.1 Å². The molecule has 0 rings (SSSR count). The molecule has 0 heterocycles. The lowest BCUT2D eigenvalue weighted by Gasteiger charge is -2.21. The highest BCUT2D eigenvalue weighted by molar-refractivity contribution is 7.52. The van der Waals surface area contributed by atoms with Crippen LogP contribution in [-0.4, -0.2) is 67.9 Å². The predicted molar refractivity (Wildman–Crippen MR) is 259 cm³/mol. The van der Waals surface area contributed by atoms with E-state index in [1.54, 1.807) is 4.90 Å². The highest BCUT2D eigenvalue weighted by Crippen LogP contribution is 2.41. The van der Waals surface area contributed by atoms with Gasteiger partial charge in [-0.1, -0.05) is 179 Å². The average Bonchev–Trinajstić information content (AvgIpc) is 3.25. The van der Waals surface area contributed by atoms with Crippen molar-refractivity contribution in [1.82, 2.24) is 4.90 Å². The van der Waals surface area contributed by atoms with Gasteiger partial charge in [-0.3, -0.25) is 14.2 Å². The monoisotopic (exact) mass is 884 g/mol. The van der Waals surface area contributed by atoms with Crippen LogP contribution in [0, 0.1) is 47.4 Å². The number of hydrogen-bond acceptors (Lipinski definition) is 7. The van der Waals surface area contributed by atoms with Gasteiger partial charge < -0.3 is 23.8 Å². The first kappa shape index (κ1) is 59.3. The molecule has 9 heteroatoms. The number of carbonyl (C=O) groups excluding carboxylic acids is 2. The molecule has 1 unspecified atom stereocenters. The minimum atomic E-state index is -3.90. The Morgan fingerprint density at radius 1 is 0.500 bits per heavy atom. The Morgan fingerprint density at radius 3 is 1.21 bits per heavy atom. The van der Waals surface area contributed by atoms with Gasteiger partial charge in [0.2, 0.25) is 0 Å². The highest BCUT2D eigenvalue weighted by Gasteiger charge is 2.25. The number of nitrogens with zero attached hydrogens (tertiary/aromatic N) is 1. The van der Waals surface area contributed by atoms with Gasteiger partial charge in [-0.25, -0.2) is 0 Å². The standard InChI is InChI=1S/C53H90NO7P/c1-5-7-9-11-13-15-17-19-21-23-25-27-29-31-33-35-37-39-41-43-45-52(55)59-49-51(50-60-62(57,58)48-47-54(3)4)61-53(56)46-44-42-40-38-36-34-32-30-28-26-24-22-20-18-16-14-12-10-8-6-2/h51H,5-22,31-50H2,1-4H3,(H,57,58)/t51-/m1/s1. The average molecular weight is 884 g/mol. The second kappa shape index (κ2) is 46.3. The summed E-state index contributed by atoms with van der Waals surface area (Å²) in [4.78, 5) is 37.3. The predicted octanol–water partition coefficient (Wildman–Crippen LogP) is 13.5. The summed E-state index contributed by atoms with van der Waals surface area (Å²) in [5.41, 5.74) is 0. The van der Waals surface area contributed by atoms with E-state index in [1.165, 1.54) is 103 Å². The SMILES string of the molecule is CCCCCCCCCCC#CC#CCCCCCCCCC(=O)OC[C@H](COP(=O)(O)CCN(C)C)OC(=O)CCCCCCCCC#CC#CCCCCCCCCCC. The smallest absolute Gasteiger partial charge is 0.329 e. The second-order valence-corrected chi connectivity index (χ2v) is 19.1. The molecule has 0 aromatic heterocycles. The van der Waals surface area contributed by atoms with Crippen LogP contribution in [0.5, 0.6) is 0 Å². The van der Waals surface area contributed by atoms with Crippen molar-refractivity contribution in [2.24, 2.45) is 0 Å². The molecule has 0 saturated carbocycles. The molecular weight excluding hydrogens is 794 g/mol. The van der Waals surface area contributed by atoms with Crippen LogP contribution in [-0.2, 0) is 28.2 Å². The maximum atomic E-state index is 12.7. The summed E-state index contributed by atoms with van der Waals surface area (Å²) in [6.07, 6.45) is 35.9. The van der Waals surface area contributed by atoms with Gasteiger partial charge in [-0.2, -0.15) is 0 Å². The Morgan fingerprint density at radius 2 is 0.839 bits per heavy atom. The van der Waals surface area contributed by atoms with Crippen molar-refractivity contribution < 1.29 is 33.0 Å². The van der Waals surface area contributed by atoms with Crippen molar-refractivity contribution in [3.8, 4) is 47.4 Å². The first-order chi connectivity index (χ1) is 30.2. The first-order valence-corrected chi connectivity index (χ1v) is 26.8. The maximum Gasteiger partial charge on any atom is 0.329 e. The van der Waals surface area contributed by atoms with E-state index in [4.69, 9.17) is 14.0 Å². The van der Waals surface area contributed by atoms with Crippen LogP contribution in [0.4, 0.5) is 0 Å². The van der Waals surface area contributed by atoms with Crippen molar-refractivity contribution in [1.29, 1.82) is 0 Å². The number of ether oxygens (including phenoxy) is 2.